The van der Waals surface area contributed by atoms with E-state index in [1.807, 2.05) is 0 Å². The van der Waals surface area contributed by atoms with Crippen LogP contribution in [0.5, 0.6) is 5.75 Å². The molecule has 0 unspecified atom stereocenters. The maximum Gasteiger partial charge on any atom is 0.269 e. The number of hydrogen-bond acceptors (Lipinski definition) is 4. The number of amides is 1. The zero-order valence-corrected chi connectivity index (χ0v) is 13.0. The Bertz CT molecular complexity index is 642. The van der Waals surface area contributed by atoms with Crippen molar-refractivity contribution in [1.82, 2.24) is 4.98 Å². The first-order valence-electron chi connectivity index (χ1n) is 6.63. The molecule has 0 atom stereocenters. The lowest BCUT2D eigenvalue weighted by Crippen LogP contribution is -2.25. The third kappa shape index (κ3) is 3.39. The normalized spacial score (nSPS) is 10.5. The Morgan fingerprint density at radius 1 is 1.48 bits per heavy atom. The topological polar surface area (TPSA) is 42.4 Å². The summed E-state index contributed by atoms with van der Waals surface area (Å²) in [7, 11) is 3.08. The Morgan fingerprint density at radius 2 is 2.24 bits per heavy atom. The molecular formula is C15H17FN2O2S. The Balaban J connectivity index is 2.26. The van der Waals surface area contributed by atoms with Crippen LogP contribution in [-0.4, -0.2) is 25.0 Å². The Labute approximate surface area is 127 Å². The van der Waals surface area contributed by atoms with Crippen molar-refractivity contribution in [3.05, 3.63) is 40.1 Å². The lowest BCUT2D eigenvalue weighted by atomic mass is 10.2. The highest BCUT2D eigenvalue weighted by atomic mass is 32.1. The van der Waals surface area contributed by atoms with Gasteiger partial charge in [-0.3, -0.25) is 4.79 Å². The highest BCUT2D eigenvalue weighted by molar-refractivity contribution is 7.13. The Hall–Kier alpha value is -1.95. The molecule has 1 amide bonds. The van der Waals surface area contributed by atoms with Gasteiger partial charge in [-0.1, -0.05) is 6.92 Å². The van der Waals surface area contributed by atoms with Crippen molar-refractivity contribution in [2.45, 2.75) is 19.8 Å². The number of methoxy groups -OCH3 is 1. The number of anilines is 1. The van der Waals surface area contributed by atoms with E-state index in [2.05, 4.69) is 11.9 Å². The maximum atomic E-state index is 13.2. The first kappa shape index (κ1) is 15.4. The fraction of sp³-hybridized carbons (Fsp3) is 0.333. The van der Waals surface area contributed by atoms with Gasteiger partial charge in [0.15, 0.2) is 0 Å². The third-order valence-electron chi connectivity index (χ3n) is 3.04. The summed E-state index contributed by atoms with van der Waals surface area (Å²) in [5.74, 6) is -0.261. The van der Waals surface area contributed by atoms with E-state index in [1.165, 1.54) is 41.5 Å². The van der Waals surface area contributed by atoms with Crippen LogP contribution >= 0.6 is 11.3 Å². The van der Waals surface area contributed by atoms with Crippen LogP contribution in [0.25, 0.3) is 0 Å². The molecule has 112 valence electrons. The SMILES string of the molecule is CCCc1ncc(C(=O)N(C)c2ccc(F)cc2OC)s1. The molecule has 0 bridgehead atoms. The van der Waals surface area contributed by atoms with E-state index in [0.29, 0.717) is 16.3 Å². The molecule has 21 heavy (non-hydrogen) atoms. The zero-order valence-electron chi connectivity index (χ0n) is 12.2. The number of nitrogens with zero attached hydrogens (tertiary/aromatic N) is 2. The highest BCUT2D eigenvalue weighted by Crippen LogP contribution is 2.29. The van der Waals surface area contributed by atoms with Gasteiger partial charge in [-0.15, -0.1) is 11.3 Å². The number of aryl methyl sites for hydroxylation is 1. The van der Waals surface area contributed by atoms with Crippen molar-refractivity contribution >= 4 is 22.9 Å². The molecule has 2 rings (SSSR count). The number of carbonyl (C=O) groups is 1. The summed E-state index contributed by atoms with van der Waals surface area (Å²) in [6.07, 6.45) is 3.44. The summed E-state index contributed by atoms with van der Waals surface area (Å²) in [4.78, 5) is 18.7. The summed E-state index contributed by atoms with van der Waals surface area (Å²) in [6.45, 7) is 2.07. The van der Waals surface area contributed by atoms with E-state index < -0.39 is 5.82 Å². The maximum absolute atomic E-state index is 13.2. The van der Waals surface area contributed by atoms with Crippen LogP contribution in [0.15, 0.2) is 24.4 Å². The van der Waals surface area contributed by atoms with E-state index in [4.69, 9.17) is 4.74 Å². The zero-order chi connectivity index (χ0) is 15.4. The van der Waals surface area contributed by atoms with Gasteiger partial charge in [-0.2, -0.15) is 0 Å². The van der Waals surface area contributed by atoms with Crippen LogP contribution < -0.4 is 9.64 Å². The Kier molecular flexibility index (Phi) is 4.90. The number of thiazole rings is 1. The number of benzene rings is 1. The van der Waals surface area contributed by atoms with E-state index in [9.17, 15) is 9.18 Å². The van der Waals surface area contributed by atoms with Gasteiger partial charge in [0.05, 0.1) is 24.0 Å². The van der Waals surface area contributed by atoms with Crippen LogP contribution in [0.2, 0.25) is 0 Å². The number of hydrogen-bond donors (Lipinski definition) is 0. The average molecular weight is 308 g/mol. The number of halogens is 1. The van der Waals surface area contributed by atoms with E-state index in [1.54, 1.807) is 13.2 Å². The number of aromatic nitrogens is 1. The molecule has 0 spiro atoms. The molecule has 4 nitrogen and oxygen atoms in total. The summed E-state index contributed by atoms with van der Waals surface area (Å²) in [5, 5.41) is 0.945. The fourth-order valence-corrected chi connectivity index (χ4v) is 2.94. The van der Waals surface area contributed by atoms with E-state index in [-0.39, 0.29) is 5.91 Å². The number of ether oxygens (including phenoxy) is 1. The molecule has 0 aliphatic carbocycles. The molecule has 0 saturated carbocycles. The van der Waals surface area contributed by atoms with Crippen molar-refractivity contribution in [2.24, 2.45) is 0 Å². The van der Waals surface area contributed by atoms with Crippen LogP contribution in [0.1, 0.15) is 28.0 Å². The van der Waals surface area contributed by atoms with Gasteiger partial charge in [0, 0.05) is 13.1 Å². The second-order valence-electron chi connectivity index (χ2n) is 4.55. The summed E-state index contributed by atoms with van der Waals surface area (Å²) >= 11 is 1.39. The first-order chi connectivity index (χ1) is 10.1. The summed E-state index contributed by atoms with van der Waals surface area (Å²) in [5.41, 5.74) is 0.523. The molecule has 0 aliphatic heterocycles. The largest absolute Gasteiger partial charge is 0.494 e. The lowest BCUT2D eigenvalue weighted by molar-refractivity contribution is 0.0996. The minimum atomic E-state index is -0.403. The van der Waals surface area contributed by atoms with Crippen LogP contribution in [0.4, 0.5) is 10.1 Å². The van der Waals surface area contributed by atoms with Gasteiger partial charge in [0.2, 0.25) is 0 Å². The van der Waals surface area contributed by atoms with E-state index in [0.717, 1.165) is 17.8 Å². The minimum Gasteiger partial charge on any atom is -0.494 e. The Morgan fingerprint density at radius 3 is 2.90 bits per heavy atom. The fourth-order valence-electron chi connectivity index (χ4n) is 1.94. The van der Waals surface area contributed by atoms with Crippen LogP contribution in [0, 0.1) is 5.82 Å². The molecule has 0 fully saturated rings. The molecule has 0 N–H and O–H groups in total. The quantitative estimate of drug-likeness (QED) is 0.848. The first-order valence-corrected chi connectivity index (χ1v) is 7.44. The monoisotopic (exact) mass is 308 g/mol. The van der Waals surface area contributed by atoms with E-state index >= 15 is 0 Å². The minimum absolute atomic E-state index is 0.181. The average Bonchev–Trinajstić information content (AvgIpc) is 2.94. The standard InChI is InChI=1S/C15H17FN2O2S/c1-4-5-14-17-9-13(21-14)15(19)18(2)11-7-6-10(16)8-12(11)20-3/h6-9H,4-5H2,1-3H3. The molecule has 6 heteroatoms. The van der Waals surface area contributed by atoms with Gasteiger partial charge >= 0.3 is 0 Å². The summed E-state index contributed by atoms with van der Waals surface area (Å²) < 4.78 is 18.3. The van der Waals surface area contributed by atoms with Gasteiger partial charge in [-0.05, 0) is 25.0 Å². The highest BCUT2D eigenvalue weighted by Gasteiger charge is 2.19. The van der Waals surface area contributed by atoms with Crippen LogP contribution in [0.3, 0.4) is 0 Å². The molecule has 1 heterocycles. The van der Waals surface area contributed by atoms with Gasteiger partial charge in [0.1, 0.15) is 16.4 Å². The second-order valence-corrected chi connectivity index (χ2v) is 5.66. The molecule has 1 aromatic carbocycles. The van der Waals surface area contributed by atoms with Crippen LogP contribution in [-0.2, 0) is 6.42 Å². The number of carbonyl (C=O) groups excluding carboxylic acids is 1. The van der Waals surface area contributed by atoms with Crippen molar-refractivity contribution < 1.29 is 13.9 Å². The van der Waals surface area contributed by atoms with Crippen molar-refractivity contribution in [1.29, 1.82) is 0 Å². The van der Waals surface area contributed by atoms with Gasteiger partial charge in [-0.25, -0.2) is 9.37 Å². The number of rotatable bonds is 5. The molecule has 0 aliphatic rings. The molecule has 0 saturated heterocycles. The molecule has 0 radical (unpaired) electrons. The predicted molar refractivity (Wildman–Crippen MR) is 81.8 cm³/mol. The third-order valence-corrected chi connectivity index (χ3v) is 4.08. The summed E-state index contributed by atoms with van der Waals surface area (Å²) in [6, 6.07) is 4.09. The van der Waals surface area contributed by atoms with Crippen molar-refractivity contribution in [3.8, 4) is 5.75 Å². The smallest absolute Gasteiger partial charge is 0.269 e. The van der Waals surface area contributed by atoms with Crippen molar-refractivity contribution in [2.75, 3.05) is 19.1 Å². The molecule has 1 aromatic heterocycles. The predicted octanol–water partition coefficient (Wildman–Crippen LogP) is 3.52. The molecule has 2 aromatic rings. The van der Waals surface area contributed by atoms with Gasteiger partial charge < -0.3 is 9.64 Å². The van der Waals surface area contributed by atoms with Crippen molar-refractivity contribution in [3.63, 3.8) is 0 Å². The molecular weight excluding hydrogens is 291 g/mol. The lowest BCUT2D eigenvalue weighted by Gasteiger charge is -2.19. The second kappa shape index (κ2) is 6.67. The van der Waals surface area contributed by atoms with Gasteiger partial charge in [0.25, 0.3) is 5.91 Å².